The molecule has 142 valence electrons. The molecule has 6 nitrogen and oxygen atoms in total. The van der Waals surface area contributed by atoms with Crippen LogP contribution in [0.1, 0.15) is 18.9 Å². The van der Waals surface area contributed by atoms with Gasteiger partial charge in [-0.2, -0.15) is 0 Å². The number of hydrogen-bond donors (Lipinski definition) is 1. The largest absolute Gasteiger partial charge is 0.486 e. The molecule has 0 aliphatic carbocycles. The second-order valence-electron chi connectivity index (χ2n) is 6.33. The van der Waals surface area contributed by atoms with E-state index in [1.165, 1.54) is 6.92 Å². The minimum absolute atomic E-state index is 0.0236. The lowest BCUT2D eigenvalue weighted by molar-refractivity contribution is -0.121. The summed E-state index contributed by atoms with van der Waals surface area (Å²) in [6.45, 7) is 3.31. The van der Waals surface area contributed by atoms with Gasteiger partial charge in [0, 0.05) is 38.2 Å². The lowest BCUT2D eigenvalue weighted by atomic mass is 10.1. The van der Waals surface area contributed by atoms with E-state index in [4.69, 9.17) is 9.47 Å². The number of carbonyl (C=O) groups is 2. The summed E-state index contributed by atoms with van der Waals surface area (Å²) in [5.41, 5.74) is 1.86. The molecule has 2 aromatic rings. The molecule has 0 saturated carbocycles. The van der Waals surface area contributed by atoms with Crippen LogP contribution in [0.15, 0.2) is 48.5 Å². The first-order chi connectivity index (χ1) is 13.1. The van der Waals surface area contributed by atoms with E-state index in [2.05, 4.69) is 5.32 Å². The highest BCUT2D eigenvalue weighted by Gasteiger charge is 2.17. The molecule has 1 heterocycles. The van der Waals surface area contributed by atoms with Crippen LogP contribution in [0.4, 0.5) is 5.69 Å². The number of nitrogens with one attached hydrogen (secondary N) is 1. The predicted molar refractivity (Wildman–Crippen MR) is 103 cm³/mol. The number of aryl methyl sites for hydroxylation is 1. The summed E-state index contributed by atoms with van der Waals surface area (Å²) in [5, 5.41) is 2.88. The molecule has 27 heavy (non-hydrogen) atoms. The highest BCUT2D eigenvalue weighted by atomic mass is 16.6. The number of ether oxygens (including phenoxy) is 2. The molecule has 1 N–H and O–H groups in total. The number of nitrogens with zero attached hydrogens (tertiary/aromatic N) is 1. The van der Waals surface area contributed by atoms with E-state index in [1.807, 2.05) is 36.4 Å². The summed E-state index contributed by atoms with van der Waals surface area (Å²) in [5.74, 6) is 1.20. The maximum absolute atomic E-state index is 12.0. The van der Waals surface area contributed by atoms with Crippen molar-refractivity contribution in [2.45, 2.75) is 19.8 Å². The Balaban J connectivity index is 1.51. The van der Waals surface area contributed by atoms with E-state index >= 15 is 0 Å². The molecule has 0 fully saturated rings. The summed E-state index contributed by atoms with van der Waals surface area (Å²) >= 11 is 0. The van der Waals surface area contributed by atoms with Crippen LogP contribution in [0, 0.1) is 0 Å². The minimum atomic E-state index is -0.0924. The van der Waals surface area contributed by atoms with Crippen molar-refractivity contribution in [3.63, 3.8) is 0 Å². The van der Waals surface area contributed by atoms with Crippen molar-refractivity contribution in [2.75, 3.05) is 31.2 Å². The molecule has 2 aromatic carbocycles. The van der Waals surface area contributed by atoms with Crippen LogP contribution < -0.4 is 19.7 Å². The number of amides is 2. The van der Waals surface area contributed by atoms with Gasteiger partial charge in [-0.3, -0.25) is 9.59 Å². The lowest BCUT2D eigenvalue weighted by Gasteiger charge is -2.24. The number of benzene rings is 2. The van der Waals surface area contributed by atoms with Crippen LogP contribution in [0.5, 0.6) is 11.5 Å². The number of anilines is 1. The van der Waals surface area contributed by atoms with Crippen LogP contribution in [-0.4, -0.2) is 38.1 Å². The Labute approximate surface area is 159 Å². The van der Waals surface area contributed by atoms with Gasteiger partial charge < -0.3 is 19.7 Å². The molecule has 0 radical (unpaired) electrons. The first-order valence-electron chi connectivity index (χ1n) is 9.12. The maximum Gasteiger partial charge on any atom is 0.223 e. The second-order valence-corrected chi connectivity index (χ2v) is 6.33. The fourth-order valence-corrected chi connectivity index (χ4v) is 2.97. The predicted octanol–water partition coefficient (Wildman–Crippen LogP) is 2.56. The Morgan fingerprint density at radius 1 is 1.04 bits per heavy atom. The van der Waals surface area contributed by atoms with Crippen LogP contribution in [0.3, 0.4) is 0 Å². The standard InChI is InChI=1S/C21H24N2O4/c1-16(24)23(18-8-9-19-20(15-18)27-14-13-26-19)12-11-22-21(25)10-7-17-5-3-2-4-6-17/h2-6,8-9,15H,7,10-14H2,1H3,(H,22,25). The molecule has 3 rings (SSSR count). The molecule has 0 bridgehead atoms. The monoisotopic (exact) mass is 368 g/mol. The topological polar surface area (TPSA) is 67.9 Å². The van der Waals surface area contributed by atoms with Crippen molar-refractivity contribution in [1.29, 1.82) is 0 Å². The number of hydrogen-bond acceptors (Lipinski definition) is 4. The Bertz CT molecular complexity index is 792. The van der Waals surface area contributed by atoms with Gasteiger partial charge in [0.25, 0.3) is 0 Å². The number of carbonyl (C=O) groups excluding carboxylic acids is 2. The van der Waals surface area contributed by atoms with Crippen molar-refractivity contribution in [2.24, 2.45) is 0 Å². The average Bonchev–Trinajstić information content (AvgIpc) is 2.70. The normalized spacial score (nSPS) is 12.3. The highest BCUT2D eigenvalue weighted by Crippen LogP contribution is 2.33. The van der Waals surface area contributed by atoms with Crippen molar-refractivity contribution in [3.8, 4) is 11.5 Å². The number of rotatable bonds is 7. The SMILES string of the molecule is CC(=O)N(CCNC(=O)CCc1ccccc1)c1ccc2c(c1)OCCO2. The van der Waals surface area contributed by atoms with Crippen molar-refractivity contribution < 1.29 is 19.1 Å². The molecule has 6 heteroatoms. The highest BCUT2D eigenvalue weighted by molar-refractivity contribution is 5.92. The molecule has 1 aliphatic rings. The van der Waals surface area contributed by atoms with Gasteiger partial charge in [-0.25, -0.2) is 0 Å². The van der Waals surface area contributed by atoms with Gasteiger partial charge in [-0.1, -0.05) is 30.3 Å². The fourth-order valence-electron chi connectivity index (χ4n) is 2.97. The smallest absolute Gasteiger partial charge is 0.223 e. The zero-order valence-electron chi connectivity index (χ0n) is 15.4. The molecule has 0 spiro atoms. The summed E-state index contributed by atoms with van der Waals surface area (Å²) in [7, 11) is 0. The molecular formula is C21H24N2O4. The summed E-state index contributed by atoms with van der Waals surface area (Å²) in [6.07, 6.45) is 1.12. The van der Waals surface area contributed by atoms with E-state index < -0.39 is 0 Å². The van der Waals surface area contributed by atoms with Crippen molar-refractivity contribution >= 4 is 17.5 Å². The van der Waals surface area contributed by atoms with E-state index in [9.17, 15) is 9.59 Å². The van der Waals surface area contributed by atoms with E-state index in [-0.39, 0.29) is 11.8 Å². The summed E-state index contributed by atoms with van der Waals surface area (Å²) in [4.78, 5) is 25.7. The van der Waals surface area contributed by atoms with Crippen molar-refractivity contribution in [1.82, 2.24) is 5.32 Å². The Morgan fingerprint density at radius 2 is 1.78 bits per heavy atom. The lowest BCUT2D eigenvalue weighted by Crippen LogP contribution is -2.37. The molecule has 0 atom stereocenters. The third kappa shape index (κ3) is 5.23. The molecule has 0 saturated heterocycles. The Morgan fingerprint density at radius 3 is 2.52 bits per heavy atom. The van der Waals surface area contributed by atoms with Crippen LogP contribution >= 0.6 is 0 Å². The third-order valence-electron chi connectivity index (χ3n) is 4.36. The van der Waals surface area contributed by atoms with Crippen molar-refractivity contribution in [3.05, 3.63) is 54.1 Å². The molecule has 0 unspecified atom stereocenters. The van der Waals surface area contributed by atoms with Gasteiger partial charge in [-0.05, 0) is 24.1 Å². The van der Waals surface area contributed by atoms with Crippen LogP contribution in [0.2, 0.25) is 0 Å². The van der Waals surface area contributed by atoms with E-state index in [1.54, 1.807) is 17.0 Å². The molecular weight excluding hydrogens is 344 g/mol. The molecule has 0 aromatic heterocycles. The summed E-state index contributed by atoms with van der Waals surface area (Å²) in [6, 6.07) is 15.3. The maximum atomic E-state index is 12.0. The van der Waals surface area contributed by atoms with Gasteiger partial charge in [0.05, 0.1) is 0 Å². The quantitative estimate of drug-likeness (QED) is 0.816. The fraction of sp³-hybridized carbons (Fsp3) is 0.333. The van der Waals surface area contributed by atoms with Gasteiger partial charge in [0.1, 0.15) is 13.2 Å². The zero-order valence-corrected chi connectivity index (χ0v) is 15.4. The number of fused-ring (bicyclic) bond motifs is 1. The minimum Gasteiger partial charge on any atom is -0.486 e. The Hall–Kier alpha value is -3.02. The average molecular weight is 368 g/mol. The summed E-state index contributed by atoms with van der Waals surface area (Å²) < 4.78 is 11.1. The molecule has 1 aliphatic heterocycles. The Kier molecular flexibility index (Phi) is 6.30. The zero-order chi connectivity index (χ0) is 19.1. The van der Waals surface area contributed by atoms with Gasteiger partial charge >= 0.3 is 0 Å². The van der Waals surface area contributed by atoms with E-state index in [0.29, 0.717) is 50.6 Å². The first kappa shape index (κ1) is 18.8. The molecule has 2 amide bonds. The van der Waals surface area contributed by atoms with Crippen LogP contribution in [0.25, 0.3) is 0 Å². The first-order valence-corrected chi connectivity index (χ1v) is 9.12. The van der Waals surface area contributed by atoms with Gasteiger partial charge in [-0.15, -0.1) is 0 Å². The van der Waals surface area contributed by atoms with E-state index in [0.717, 1.165) is 11.3 Å². The third-order valence-corrected chi connectivity index (χ3v) is 4.36. The van der Waals surface area contributed by atoms with Crippen LogP contribution in [-0.2, 0) is 16.0 Å². The second kappa shape index (κ2) is 9.07. The van der Waals surface area contributed by atoms with Gasteiger partial charge in [0.2, 0.25) is 11.8 Å². The van der Waals surface area contributed by atoms with Gasteiger partial charge in [0.15, 0.2) is 11.5 Å².